The molecule has 2 unspecified atom stereocenters. The molecule has 4 aromatic rings. The van der Waals surface area contributed by atoms with Crippen LogP contribution < -0.4 is 0 Å². The highest BCUT2D eigenvalue weighted by molar-refractivity contribution is 5.06. The van der Waals surface area contributed by atoms with E-state index in [1.807, 2.05) is 48.5 Å². The predicted octanol–water partition coefficient (Wildman–Crippen LogP) is 8.64. The fourth-order valence-corrected chi connectivity index (χ4v) is 3.52. The van der Waals surface area contributed by atoms with Crippen molar-refractivity contribution in [1.82, 2.24) is 0 Å². The molecule has 0 saturated carbocycles. The molecule has 0 N–H and O–H groups in total. The number of hydrogen-bond donors (Lipinski definition) is 0. The molecule has 4 heterocycles. The van der Waals surface area contributed by atoms with Gasteiger partial charge < -0.3 is 27.1 Å². The summed E-state index contributed by atoms with van der Waals surface area (Å²) in [7, 11) is 0. The van der Waals surface area contributed by atoms with Crippen molar-refractivity contribution in [2.45, 2.75) is 77.8 Å². The Morgan fingerprint density at radius 1 is 0.618 bits per heavy atom. The summed E-state index contributed by atoms with van der Waals surface area (Å²) < 4.78 is 33.0. The number of ether oxygens (including phenoxy) is 2. The summed E-state index contributed by atoms with van der Waals surface area (Å²) >= 11 is 0. The Bertz CT molecular complexity index is 861. The first-order chi connectivity index (χ1) is 16.8. The van der Waals surface area contributed by atoms with Crippen molar-refractivity contribution < 1.29 is 27.1 Å². The quantitative estimate of drug-likeness (QED) is 0.184. The van der Waals surface area contributed by atoms with Crippen LogP contribution in [0, 0.1) is 0 Å². The molecule has 6 nitrogen and oxygen atoms in total. The SMILES string of the molecule is CCCCC(OC(CCCC)c1ccco1)c1ccco1.c1coc(COCc2ccco2)c1. The Labute approximate surface area is 201 Å². The van der Waals surface area contributed by atoms with Gasteiger partial charge in [0.25, 0.3) is 0 Å². The lowest BCUT2D eigenvalue weighted by Gasteiger charge is -2.22. The standard InChI is InChI=1S/C18H26O3.C10H10O3/c1-3-5-9-17(15-11-7-13-19-15)21-18(10-6-4-2)16-12-8-14-20-16;1-3-9(12-5-1)7-11-8-10-4-2-6-13-10/h7-8,11-14,17-18H,3-6,9-10H2,1-2H3;1-6H,7-8H2. The molecular formula is C28H36O6. The molecule has 0 radical (unpaired) electrons. The number of unbranched alkanes of at least 4 members (excludes halogenated alkanes) is 2. The van der Waals surface area contributed by atoms with Gasteiger partial charge in [-0.3, -0.25) is 0 Å². The molecule has 4 aromatic heterocycles. The molecule has 0 spiro atoms. The maximum absolute atomic E-state index is 6.36. The van der Waals surface area contributed by atoms with Crippen LogP contribution in [0.25, 0.3) is 0 Å². The third-order valence-electron chi connectivity index (χ3n) is 5.34. The highest BCUT2D eigenvalue weighted by Gasteiger charge is 2.23. The van der Waals surface area contributed by atoms with Crippen molar-refractivity contribution in [3.63, 3.8) is 0 Å². The Morgan fingerprint density at radius 2 is 1.06 bits per heavy atom. The van der Waals surface area contributed by atoms with Crippen LogP contribution in [0.2, 0.25) is 0 Å². The lowest BCUT2D eigenvalue weighted by atomic mass is 10.1. The summed E-state index contributed by atoms with van der Waals surface area (Å²) in [5.74, 6) is 3.48. The molecular weight excluding hydrogens is 432 g/mol. The lowest BCUT2D eigenvalue weighted by Crippen LogP contribution is -2.10. The minimum absolute atomic E-state index is 0.00639. The zero-order chi connectivity index (χ0) is 23.8. The van der Waals surface area contributed by atoms with Crippen molar-refractivity contribution in [2.24, 2.45) is 0 Å². The summed E-state index contributed by atoms with van der Waals surface area (Å²) in [5.41, 5.74) is 0. The van der Waals surface area contributed by atoms with E-state index in [4.69, 9.17) is 27.1 Å². The van der Waals surface area contributed by atoms with Crippen molar-refractivity contribution in [1.29, 1.82) is 0 Å². The van der Waals surface area contributed by atoms with Gasteiger partial charge in [-0.15, -0.1) is 0 Å². The summed E-state index contributed by atoms with van der Waals surface area (Å²) in [4.78, 5) is 0. The average molecular weight is 469 g/mol. The van der Waals surface area contributed by atoms with E-state index in [1.165, 1.54) is 0 Å². The predicted molar refractivity (Wildman–Crippen MR) is 129 cm³/mol. The van der Waals surface area contributed by atoms with Crippen LogP contribution >= 0.6 is 0 Å². The van der Waals surface area contributed by atoms with Crippen molar-refractivity contribution in [3.8, 4) is 0 Å². The summed E-state index contributed by atoms with van der Waals surface area (Å²) in [6.45, 7) is 5.35. The highest BCUT2D eigenvalue weighted by atomic mass is 16.5. The van der Waals surface area contributed by atoms with Gasteiger partial charge in [-0.05, 0) is 61.4 Å². The van der Waals surface area contributed by atoms with Crippen LogP contribution in [0.3, 0.4) is 0 Å². The Hall–Kier alpha value is -2.96. The van der Waals surface area contributed by atoms with E-state index >= 15 is 0 Å². The van der Waals surface area contributed by atoms with Crippen LogP contribution in [-0.4, -0.2) is 0 Å². The molecule has 2 atom stereocenters. The minimum atomic E-state index is 0.00639. The Kier molecular flexibility index (Phi) is 11.4. The number of hydrogen-bond acceptors (Lipinski definition) is 6. The molecule has 0 aliphatic rings. The van der Waals surface area contributed by atoms with Gasteiger partial charge in [-0.25, -0.2) is 0 Å². The zero-order valence-corrected chi connectivity index (χ0v) is 20.2. The number of rotatable bonds is 14. The van der Waals surface area contributed by atoms with E-state index in [9.17, 15) is 0 Å². The third kappa shape index (κ3) is 8.76. The first-order valence-electron chi connectivity index (χ1n) is 12.1. The van der Waals surface area contributed by atoms with Gasteiger partial charge >= 0.3 is 0 Å². The molecule has 34 heavy (non-hydrogen) atoms. The second kappa shape index (κ2) is 15.0. The summed E-state index contributed by atoms with van der Waals surface area (Å²) in [6, 6.07) is 15.3. The molecule has 0 fully saturated rings. The molecule has 6 heteroatoms. The number of furan rings is 4. The maximum Gasteiger partial charge on any atom is 0.132 e. The van der Waals surface area contributed by atoms with Gasteiger partial charge in [-0.1, -0.05) is 39.5 Å². The van der Waals surface area contributed by atoms with E-state index in [2.05, 4.69) is 13.8 Å². The second-order valence-corrected chi connectivity index (χ2v) is 8.08. The van der Waals surface area contributed by atoms with E-state index in [-0.39, 0.29) is 12.2 Å². The largest absolute Gasteiger partial charge is 0.467 e. The molecule has 0 aromatic carbocycles. The van der Waals surface area contributed by atoms with Crippen molar-refractivity contribution >= 4 is 0 Å². The lowest BCUT2D eigenvalue weighted by molar-refractivity contribution is -0.0458. The smallest absolute Gasteiger partial charge is 0.132 e. The first-order valence-corrected chi connectivity index (χ1v) is 12.1. The van der Waals surface area contributed by atoms with E-state index < -0.39 is 0 Å². The van der Waals surface area contributed by atoms with Crippen LogP contribution in [0.15, 0.2) is 91.3 Å². The fraction of sp³-hybridized carbons (Fsp3) is 0.429. The van der Waals surface area contributed by atoms with Gasteiger partial charge in [0.05, 0.1) is 25.1 Å². The summed E-state index contributed by atoms with van der Waals surface area (Å²) in [6.07, 6.45) is 13.2. The Morgan fingerprint density at radius 3 is 1.41 bits per heavy atom. The van der Waals surface area contributed by atoms with Crippen molar-refractivity contribution in [2.75, 3.05) is 0 Å². The van der Waals surface area contributed by atoms with Gasteiger partial charge in [0.1, 0.15) is 48.5 Å². The molecule has 184 valence electrons. The van der Waals surface area contributed by atoms with Crippen LogP contribution in [0.1, 0.15) is 87.6 Å². The minimum Gasteiger partial charge on any atom is -0.467 e. The second-order valence-electron chi connectivity index (χ2n) is 8.08. The van der Waals surface area contributed by atoms with Gasteiger partial charge in [0, 0.05) is 0 Å². The normalized spacial score (nSPS) is 12.8. The van der Waals surface area contributed by atoms with E-state index in [1.54, 1.807) is 25.1 Å². The third-order valence-corrected chi connectivity index (χ3v) is 5.34. The van der Waals surface area contributed by atoms with E-state index in [0.717, 1.165) is 61.6 Å². The Balaban J connectivity index is 0.000000212. The molecule has 0 aliphatic heterocycles. The van der Waals surface area contributed by atoms with Gasteiger partial charge in [0.15, 0.2) is 0 Å². The van der Waals surface area contributed by atoms with Gasteiger partial charge in [0.2, 0.25) is 0 Å². The monoisotopic (exact) mass is 468 g/mol. The maximum atomic E-state index is 6.36. The molecule has 0 saturated heterocycles. The first kappa shape index (κ1) is 25.7. The average Bonchev–Trinajstić information content (AvgIpc) is 3.66. The van der Waals surface area contributed by atoms with Crippen molar-refractivity contribution in [3.05, 3.63) is 96.6 Å². The van der Waals surface area contributed by atoms with Crippen LogP contribution in [0.5, 0.6) is 0 Å². The topological polar surface area (TPSA) is 71.0 Å². The van der Waals surface area contributed by atoms with Gasteiger partial charge in [-0.2, -0.15) is 0 Å². The summed E-state index contributed by atoms with van der Waals surface area (Å²) in [5, 5.41) is 0. The van der Waals surface area contributed by atoms with Crippen LogP contribution in [-0.2, 0) is 22.7 Å². The molecule has 0 aliphatic carbocycles. The molecule has 4 rings (SSSR count). The van der Waals surface area contributed by atoms with Crippen LogP contribution in [0.4, 0.5) is 0 Å². The molecule has 0 bridgehead atoms. The zero-order valence-electron chi connectivity index (χ0n) is 20.2. The van der Waals surface area contributed by atoms with E-state index in [0.29, 0.717) is 13.2 Å². The highest BCUT2D eigenvalue weighted by Crippen LogP contribution is 2.33. The fourth-order valence-electron chi connectivity index (χ4n) is 3.52. The molecule has 0 amide bonds.